The first-order chi connectivity index (χ1) is 11.7. The molecule has 0 radical (unpaired) electrons. The highest BCUT2D eigenvalue weighted by molar-refractivity contribution is 14.1. The summed E-state index contributed by atoms with van der Waals surface area (Å²) in [4.78, 5) is 12.4. The van der Waals surface area contributed by atoms with Gasteiger partial charge in [-0.15, -0.1) is 0 Å². The molecule has 3 heteroatoms. The molecule has 134 valence electrons. The molecule has 2 nitrogen and oxygen atoms in total. The predicted molar refractivity (Wildman–Crippen MR) is 108 cm³/mol. The molecule has 0 aliphatic heterocycles. The third-order valence-corrected chi connectivity index (χ3v) is 6.78. The van der Waals surface area contributed by atoms with Crippen LogP contribution in [0.25, 0.3) is 0 Å². The molecule has 0 amide bonds. The van der Waals surface area contributed by atoms with Crippen molar-refractivity contribution < 1.29 is 9.53 Å². The second-order valence-corrected chi connectivity index (χ2v) is 8.67. The van der Waals surface area contributed by atoms with Crippen LogP contribution < -0.4 is 0 Å². The van der Waals surface area contributed by atoms with E-state index in [0.717, 1.165) is 41.1 Å². The van der Waals surface area contributed by atoms with E-state index < -0.39 is 0 Å². The van der Waals surface area contributed by atoms with Crippen molar-refractivity contribution in [3.05, 3.63) is 35.9 Å². The molecule has 1 aromatic carbocycles. The Kier molecular flexibility index (Phi) is 9.14. The number of halogens is 1. The summed E-state index contributed by atoms with van der Waals surface area (Å²) >= 11 is 2.63. The van der Waals surface area contributed by atoms with E-state index in [4.69, 9.17) is 4.74 Å². The van der Waals surface area contributed by atoms with E-state index in [-0.39, 0.29) is 11.9 Å². The van der Waals surface area contributed by atoms with Gasteiger partial charge in [0.05, 0.1) is 5.92 Å². The Balaban J connectivity index is 1.74. The van der Waals surface area contributed by atoms with Crippen LogP contribution in [0.15, 0.2) is 30.3 Å². The summed E-state index contributed by atoms with van der Waals surface area (Å²) in [5.41, 5.74) is 1.07. The van der Waals surface area contributed by atoms with Crippen molar-refractivity contribution in [3.8, 4) is 0 Å². The first-order valence-electron chi connectivity index (χ1n) is 9.55. The molecule has 1 fully saturated rings. The maximum atomic E-state index is 12.4. The van der Waals surface area contributed by atoms with E-state index in [9.17, 15) is 4.79 Å². The molecular weight excluding hydrogens is 411 g/mol. The summed E-state index contributed by atoms with van der Waals surface area (Å²) < 4.78 is 6.40. The summed E-state index contributed by atoms with van der Waals surface area (Å²) in [6.45, 7) is 2.55. The van der Waals surface area contributed by atoms with Crippen molar-refractivity contribution in [1.82, 2.24) is 0 Å². The minimum absolute atomic E-state index is 0.00429. The first kappa shape index (κ1) is 19.7. The van der Waals surface area contributed by atoms with Crippen LogP contribution in [-0.2, 0) is 16.1 Å². The molecule has 0 heterocycles. The van der Waals surface area contributed by atoms with Crippen LogP contribution in [-0.4, -0.2) is 9.89 Å². The number of ether oxygens (including phenoxy) is 1. The minimum Gasteiger partial charge on any atom is -0.461 e. The topological polar surface area (TPSA) is 26.3 Å². The standard InChI is InChI=1S/C21H31IO2/c1-2-9-19(14-8-13-18-12-6-7-15-20(18)22)21(23)24-16-17-10-4-3-5-11-17/h3-5,10-11,18-20H,2,6-9,12-16H2,1H3/t18?,19-,20-/m1/s1. The summed E-state index contributed by atoms with van der Waals surface area (Å²) in [5.74, 6) is 0.937. The molecule has 2 rings (SSSR count). The third kappa shape index (κ3) is 6.73. The smallest absolute Gasteiger partial charge is 0.309 e. The third-order valence-electron chi connectivity index (χ3n) is 5.14. The number of hydrogen-bond acceptors (Lipinski definition) is 2. The largest absolute Gasteiger partial charge is 0.461 e. The zero-order valence-corrected chi connectivity index (χ0v) is 17.0. The monoisotopic (exact) mass is 442 g/mol. The van der Waals surface area contributed by atoms with Crippen molar-refractivity contribution in [2.45, 2.75) is 75.2 Å². The number of hydrogen-bond donors (Lipinski definition) is 0. The molecule has 0 bridgehead atoms. The van der Waals surface area contributed by atoms with Crippen LogP contribution >= 0.6 is 22.6 Å². The molecule has 1 unspecified atom stereocenters. The van der Waals surface area contributed by atoms with E-state index >= 15 is 0 Å². The van der Waals surface area contributed by atoms with Gasteiger partial charge in [-0.2, -0.15) is 0 Å². The van der Waals surface area contributed by atoms with E-state index in [1.54, 1.807) is 0 Å². The van der Waals surface area contributed by atoms with Gasteiger partial charge in [0.2, 0.25) is 0 Å². The molecule has 0 aromatic heterocycles. The number of carbonyl (C=O) groups is 1. The number of alkyl halides is 1. The highest BCUT2D eigenvalue weighted by Gasteiger charge is 2.24. The molecule has 0 N–H and O–H groups in total. The van der Waals surface area contributed by atoms with Gasteiger partial charge in [0.25, 0.3) is 0 Å². The second-order valence-electron chi connectivity index (χ2n) is 7.07. The van der Waals surface area contributed by atoms with Gasteiger partial charge < -0.3 is 4.74 Å². The molecule has 24 heavy (non-hydrogen) atoms. The van der Waals surface area contributed by atoms with Crippen LogP contribution in [0.1, 0.15) is 70.3 Å². The number of benzene rings is 1. The zero-order valence-electron chi connectivity index (χ0n) is 14.9. The van der Waals surface area contributed by atoms with E-state index in [1.807, 2.05) is 30.3 Å². The lowest BCUT2D eigenvalue weighted by Gasteiger charge is -2.27. The quantitative estimate of drug-likeness (QED) is 0.255. The van der Waals surface area contributed by atoms with Crippen molar-refractivity contribution in [2.75, 3.05) is 0 Å². The van der Waals surface area contributed by atoms with Gasteiger partial charge in [-0.05, 0) is 43.6 Å². The van der Waals surface area contributed by atoms with Crippen LogP contribution in [0.2, 0.25) is 0 Å². The summed E-state index contributed by atoms with van der Waals surface area (Å²) in [5, 5.41) is 0. The molecule has 3 atom stereocenters. The van der Waals surface area contributed by atoms with Crippen molar-refractivity contribution >= 4 is 28.6 Å². The Labute approximate surface area is 160 Å². The average Bonchev–Trinajstić information content (AvgIpc) is 2.61. The fourth-order valence-corrected chi connectivity index (χ4v) is 4.85. The number of esters is 1. The van der Waals surface area contributed by atoms with E-state index in [2.05, 4.69) is 29.5 Å². The predicted octanol–water partition coefficient (Wildman–Crippen LogP) is 6.31. The highest BCUT2D eigenvalue weighted by Crippen LogP contribution is 2.34. The molecule has 1 aromatic rings. The van der Waals surface area contributed by atoms with Crippen LogP contribution in [0.4, 0.5) is 0 Å². The van der Waals surface area contributed by atoms with Gasteiger partial charge in [-0.1, -0.05) is 85.5 Å². The van der Waals surface area contributed by atoms with Gasteiger partial charge in [-0.3, -0.25) is 4.79 Å². The number of carbonyl (C=O) groups excluding carboxylic acids is 1. The summed E-state index contributed by atoms with van der Waals surface area (Å²) in [6, 6.07) is 9.96. The molecular formula is C21H31IO2. The molecule has 0 spiro atoms. The van der Waals surface area contributed by atoms with Gasteiger partial charge in [0.1, 0.15) is 6.61 Å². The van der Waals surface area contributed by atoms with Crippen molar-refractivity contribution in [3.63, 3.8) is 0 Å². The Hall–Kier alpha value is -0.580. The van der Waals surface area contributed by atoms with Gasteiger partial charge in [0.15, 0.2) is 0 Å². The van der Waals surface area contributed by atoms with Gasteiger partial charge in [-0.25, -0.2) is 0 Å². The lowest BCUT2D eigenvalue weighted by Crippen LogP contribution is -2.21. The van der Waals surface area contributed by atoms with Crippen LogP contribution in [0.3, 0.4) is 0 Å². The van der Waals surface area contributed by atoms with Crippen LogP contribution in [0.5, 0.6) is 0 Å². The van der Waals surface area contributed by atoms with Gasteiger partial charge in [0, 0.05) is 3.92 Å². The zero-order chi connectivity index (χ0) is 17.2. The fourth-order valence-electron chi connectivity index (χ4n) is 3.69. The molecule has 0 saturated heterocycles. The SMILES string of the molecule is CCC[C@H](CCCC1CCCC[C@H]1I)C(=O)OCc1ccccc1. The Morgan fingerprint density at radius 3 is 2.67 bits per heavy atom. The summed E-state index contributed by atoms with van der Waals surface area (Å²) in [6.07, 6.45) is 11.0. The lowest BCUT2D eigenvalue weighted by molar-refractivity contribution is -0.150. The van der Waals surface area contributed by atoms with E-state index in [1.165, 1.54) is 32.1 Å². The molecule has 1 aliphatic carbocycles. The Morgan fingerprint density at radius 1 is 1.21 bits per heavy atom. The number of rotatable bonds is 9. The fraction of sp³-hybridized carbons (Fsp3) is 0.667. The van der Waals surface area contributed by atoms with E-state index in [0.29, 0.717) is 6.61 Å². The molecule has 1 saturated carbocycles. The highest BCUT2D eigenvalue weighted by atomic mass is 127. The molecule has 1 aliphatic rings. The Morgan fingerprint density at radius 2 is 1.96 bits per heavy atom. The van der Waals surface area contributed by atoms with Crippen LogP contribution in [0, 0.1) is 11.8 Å². The maximum absolute atomic E-state index is 12.4. The first-order valence-corrected chi connectivity index (χ1v) is 10.8. The van der Waals surface area contributed by atoms with Gasteiger partial charge >= 0.3 is 5.97 Å². The minimum atomic E-state index is -0.00429. The normalized spacial score (nSPS) is 22.1. The Bertz CT molecular complexity index is 474. The maximum Gasteiger partial charge on any atom is 0.309 e. The van der Waals surface area contributed by atoms with Crippen molar-refractivity contribution in [2.24, 2.45) is 11.8 Å². The summed E-state index contributed by atoms with van der Waals surface area (Å²) in [7, 11) is 0. The second kappa shape index (κ2) is 11.1. The lowest BCUT2D eigenvalue weighted by atomic mass is 9.84. The average molecular weight is 442 g/mol. The van der Waals surface area contributed by atoms with Crippen molar-refractivity contribution in [1.29, 1.82) is 0 Å².